The van der Waals surface area contributed by atoms with E-state index in [9.17, 15) is 9.59 Å². The number of anilines is 1. The summed E-state index contributed by atoms with van der Waals surface area (Å²) in [6, 6.07) is 9.89. The van der Waals surface area contributed by atoms with Crippen molar-refractivity contribution in [2.75, 3.05) is 12.1 Å². The molecule has 1 atom stereocenters. The largest absolute Gasteiger partial charge is 0.454 e. The molecule has 0 saturated carbocycles. The summed E-state index contributed by atoms with van der Waals surface area (Å²) >= 11 is 11.8. The highest BCUT2D eigenvalue weighted by molar-refractivity contribution is 6.35. The summed E-state index contributed by atoms with van der Waals surface area (Å²) < 4.78 is 15.6. The predicted molar refractivity (Wildman–Crippen MR) is 102 cm³/mol. The first kappa shape index (κ1) is 19.1. The van der Waals surface area contributed by atoms with Gasteiger partial charge in [0.05, 0.1) is 0 Å². The number of ether oxygens (including phenoxy) is 3. The lowest BCUT2D eigenvalue weighted by atomic mass is 10.2. The van der Waals surface area contributed by atoms with E-state index in [-0.39, 0.29) is 6.79 Å². The lowest BCUT2D eigenvalue weighted by Crippen LogP contribution is -2.29. The lowest BCUT2D eigenvalue weighted by Gasteiger charge is -2.12. The molecular formula is C19H15Cl2NO5. The average Bonchev–Trinajstić information content (AvgIpc) is 3.06. The maximum atomic E-state index is 12.1. The molecule has 140 valence electrons. The van der Waals surface area contributed by atoms with Gasteiger partial charge in [-0.05, 0) is 48.9 Å². The second kappa shape index (κ2) is 8.33. The molecule has 8 heteroatoms. The molecule has 0 saturated heterocycles. The summed E-state index contributed by atoms with van der Waals surface area (Å²) in [6.07, 6.45) is 1.79. The molecule has 1 heterocycles. The maximum absolute atomic E-state index is 12.1. The van der Waals surface area contributed by atoms with E-state index in [1.165, 1.54) is 13.0 Å². The van der Waals surface area contributed by atoms with Crippen LogP contribution in [0.2, 0.25) is 10.0 Å². The zero-order valence-electron chi connectivity index (χ0n) is 14.2. The molecule has 6 nitrogen and oxygen atoms in total. The van der Waals surface area contributed by atoms with Crippen LogP contribution >= 0.6 is 23.2 Å². The second-order valence-corrected chi connectivity index (χ2v) is 6.55. The minimum atomic E-state index is -1.00. The van der Waals surface area contributed by atoms with Crippen molar-refractivity contribution in [3.8, 4) is 11.5 Å². The van der Waals surface area contributed by atoms with Crippen LogP contribution < -0.4 is 14.8 Å². The quantitative estimate of drug-likeness (QED) is 0.590. The normalized spacial score (nSPS) is 13.4. The number of rotatable bonds is 5. The van der Waals surface area contributed by atoms with Crippen molar-refractivity contribution in [3.05, 3.63) is 58.1 Å². The Morgan fingerprint density at radius 1 is 1.11 bits per heavy atom. The predicted octanol–water partition coefficient (Wildman–Crippen LogP) is 4.31. The minimum absolute atomic E-state index is 0.176. The van der Waals surface area contributed by atoms with Gasteiger partial charge in [-0.15, -0.1) is 0 Å². The van der Waals surface area contributed by atoms with Crippen LogP contribution in [0.25, 0.3) is 6.08 Å². The Balaban J connectivity index is 1.55. The van der Waals surface area contributed by atoms with E-state index < -0.39 is 18.0 Å². The van der Waals surface area contributed by atoms with E-state index in [1.54, 1.807) is 42.5 Å². The van der Waals surface area contributed by atoms with Gasteiger partial charge in [0, 0.05) is 21.8 Å². The Hall–Kier alpha value is -2.70. The van der Waals surface area contributed by atoms with Crippen LogP contribution in [0.1, 0.15) is 12.5 Å². The first-order valence-electron chi connectivity index (χ1n) is 7.96. The molecule has 1 N–H and O–H groups in total. The van der Waals surface area contributed by atoms with Gasteiger partial charge in [-0.25, -0.2) is 4.79 Å². The van der Waals surface area contributed by atoms with E-state index in [1.807, 2.05) is 0 Å². The molecule has 0 fully saturated rings. The Labute approximate surface area is 165 Å². The number of hydrogen-bond donors (Lipinski definition) is 1. The molecule has 0 spiro atoms. The van der Waals surface area contributed by atoms with Crippen LogP contribution in [0.4, 0.5) is 5.69 Å². The smallest absolute Gasteiger partial charge is 0.331 e. The molecule has 1 aliphatic rings. The van der Waals surface area contributed by atoms with Gasteiger partial charge >= 0.3 is 5.97 Å². The first-order valence-corrected chi connectivity index (χ1v) is 8.71. The van der Waals surface area contributed by atoms with E-state index in [0.717, 1.165) is 5.56 Å². The van der Waals surface area contributed by atoms with Crippen LogP contribution in [-0.2, 0) is 14.3 Å². The monoisotopic (exact) mass is 407 g/mol. The highest BCUT2D eigenvalue weighted by Crippen LogP contribution is 2.32. The third-order valence-corrected chi connectivity index (χ3v) is 4.04. The molecule has 0 radical (unpaired) electrons. The van der Waals surface area contributed by atoms with Gasteiger partial charge in [-0.2, -0.15) is 0 Å². The van der Waals surface area contributed by atoms with Gasteiger partial charge in [0.2, 0.25) is 6.79 Å². The highest BCUT2D eigenvalue weighted by atomic mass is 35.5. The molecule has 1 aliphatic heterocycles. The van der Waals surface area contributed by atoms with Crippen LogP contribution in [-0.4, -0.2) is 24.8 Å². The van der Waals surface area contributed by atoms with Gasteiger partial charge in [-0.1, -0.05) is 29.3 Å². The first-order chi connectivity index (χ1) is 12.9. The summed E-state index contributed by atoms with van der Waals surface area (Å²) in [5, 5.41) is 3.36. The Bertz CT molecular complexity index is 893. The Kier molecular flexibility index (Phi) is 5.88. The molecule has 0 aromatic heterocycles. The van der Waals surface area contributed by atoms with E-state index >= 15 is 0 Å². The molecule has 0 aliphatic carbocycles. The molecule has 27 heavy (non-hydrogen) atoms. The molecule has 0 bridgehead atoms. The van der Waals surface area contributed by atoms with Crippen molar-refractivity contribution >= 4 is 46.8 Å². The average molecular weight is 408 g/mol. The fraction of sp³-hybridized carbons (Fsp3) is 0.158. The summed E-state index contributed by atoms with van der Waals surface area (Å²) in [6.45, 7) is 1.64. The molecule has 2 aromatic rings. The number of esters is 1. The molecule has 1 unspecified atom stereocenters. The maximum Gasteiger partial charge on any atom is 0.331 e. The summed E-state index contributed by atoms with van der Waals surface area (Å²) in [4.78, 5) is 24.1. The van der Waals surface area contributed by atoms with Crippen molar-refractivity contribution in [1.29, 1.82) is 0 Å². The van der Waals surface area contributed by atoms with Crippen LogP contribution in [0.3, 0.4) is 0 Å². The Morgan fingerprint density at radius 3 is 2.56 bits per heavy atom. The molecule has 3 rings (SSSR count). The van der Waals surface area contributed by atoms with Crippen molar-refractivity contribution < 1.29 is 23.8 Å². The number of hydrogen-bond acceptors (Lipinski definition) is 5. The van der Waals surface area contributed by atoms with Crippen molar-refractivity contribution in [2.45, 2.75) is 13.0 Å². The zero-order valence-corrected chi connectivity index (χ0v) is 15.7. The number of halogens is 2. The van der Waals surface area contributed by atoms with Gasteiger partial charge < -0.3 is 19.5 Å². The highest BCUT2D eigenvalue weighted by Gasteiger charge is 2.17. The van der Waals surface area contributed by atoms with Gasteiger partial charge in [0.15, 0.2) is 17.6 Å². The Morgan fingerprint density at radius 2 is 1.81 bits per heavy atom. The van der Waals surface area contributed by atoms with Crippen LogP contribution in [0.15, 0.2) is 42.5 Å². The van der Waals surface area contributed by atoms with Crippen LogP contribution in [0, 0.1) is 0 Å². The topological polar surface area (TPSA) is 73.9 Å². The lowest BCUT2D eigenvalue weighted by molar-refractivity contribution is -0.148. The number of nitrogens with one attached hydrogen (secondary N) is 1. The number of fused-ring (bicyclic) bond motifs is 1. The number of carbonyl (C=O) groups is 2. The molecule has 1 amide bonds. The zero-order chi connectivity index (χ0) is 19.4. The fourth-order valence-electron chi connectivity index (χ4n) is 2.32. The number of benzene rings is 2. The van der Waals surface area contributed by atoms with E-state index in [2.05, 4.69) is 5.32 Å². The van der Waals surface area contributed by atoms with Crippen LogP contribution in [0.5, 0.6) is 11.5 Å². The standard InChI is InChI=1S/C19H15Cl2NO5/c1-11(19(24)22-15-8-13(20)7-14(21)9-15)27-18(23)5-3-12-2-4-16-17(6-12)26-10-25-16/h2-9,11H,10H2,1H3,(H,22,24)/b5-3+. The SMILES string of the molecule is CC(OC(=O)/C=C/c1ccc2c(c1)OCO2)C(=O)Nc1cc(Cl)cc(Cl)c1. The summed E-state index contributed by atoms with van der Waals surface area (Å²) in [5.41, 5.74) is 1.15. The van der Waals surface area contributed by atoms with E-state index in [4.69, 9.17) is 37.4 Å². The number of amides is 1. The third-order valence-electron chi connectivity index (χ3n) is 3.60. The number of carbonyl (C=O) groups excluding carboxylic acids is 2. The van der Waals surface area contributed by atoms with Gasteiger partial charge in [-0.3, -0.25) is 4.79 Å². The van der Waals surface area contributed by atoms with Crippen molar-refractivity contribution in [3.63, 3.8) is 0 Å². The van der Waals surface area contributed by atoms with Crippen molar-refractivity contribution in [1.82, 2.24) is 0 Å². The van der Waals surface area contributed by atoms with E-state index in [0.29, 0.717) is 27.2 Å². The van der Waals surface area contributed by atoms with Gasteiger partial charge in [0.25, 0.3) is 5.91 Å². The minimum Gasteiger partial charge on any atom is -0.454 e. The van der Waals surface area contributed by atoms with Crippen molar-refractivity contribution in [2.24, 2.45) is 0 Å². The second-order valence-electron chi connectivity index (χ2n) is 5.67. The molecule has 2 aromatic carbocycles. The van der Waals surface area contributed by atoms with Gasteiger partial charge in [0.1, 0.15) is 0 Å². The summed E-state index contributed by atoms with van der Waals surface area (Å²) in [7, 11) is 0. The molecular weight excluding hydrogens is 393 g/mol. The fourth-order valence-corrected chi connectivity index (χ4v) is 2.84. The third kappa shape index (κ3) is 5.15. The summed E-state index contributed by atoms with van der Waals surface area (Å²) in [5.74, 6) is 0.109.